The number of ether oxygens (including phenoxy) is 3. The molecule has 0 heterocycles. The van der Waals surface area contributed by atoms with E-state index in [0.29, 0.717) is 17.0 Å². The van der Waals surface area contributed by atoms with Crippen molar-refractivity contribution in [2.45, 2.75) is 13.0 Å². The van der Waals surface area contributed by atoms with E-state index >= 15 is 0 Å². The van der Waals surface area contributed by atoms with Gasteiger partial charge in [0.25, 0.3) is 5.91 Å². The lowest BCUT2D eigenvalue weighted by atomic mass is 10.2. The molecule has 2 aromatic rings. The Bertz CT molecular complexity index is 907. The molecule has 8 heteroatoms. The van der Waals surface area contributed by atoms with Crippen molar-refractivity contribution in [2.75, 3.05) is 19.5 Å². The average Bonchev–Trinajstić information content (AvgIpc) is 2.67. The Morgan fingerprint density at radius 1 is 1.19 bits per heavy atom. The van der Waals surface area contributed by atoms with Crippen LogP contribution in [0.25, 0.3) is 0 Å². The molecule has 2 aromatic carbocycles. The molecule has 0 radical (unpaired) electrons. The van der Waals surface area contributed by atoms with Gasteiger partial charge in [0.15, 0.2) is 17.6 Å². The third-order valence-electron chi connectivity index (χ3n) is 3.58. The molecule has 0 bridgehead atoms. The number of halogens is 1. The molecule has 1 N–H and O–H groups in total. The molecule has 0 aliphatic rings. The Balaban J connectivity index is 2.09. The summed E-state index contributed by atoms with van der Waals surface area (Å²) in [6.07, 6.45) is -1.07. The van der Waals surface area contributed by atoms with Gasteiger partial charge in [-0.2, -0.15) is 5.26 Å². The number of esters is 1. The smallest absolute Gasteiger partial charge is 0.339 e. The predicted molar refractivity (Wildman–Crippen MR) is 99.2 cm³/mol. The number of nitrogens with one attached hydrogen (secondary N) is 1. The first kappa shape index (κ1) is 20.1. The normalized spacial score (nSPS) is 11.1. The Morgan fingerprint density at radius 2 is 1.93 bits per heavy atom. The van der Waals surface area contributed by atoms with Crippen LogP contribution in [0.4, 0.5) is 5.69 Å². The van der Waals surface area contributed by atoms with Crippen LogP contribution in [0.5, 0.6) is 11.5 Å². The number of hydrogen-bond acceptors (Lipinski definition) is 6. The van der Waals surface area contributed by atoms with E-state index in [4.69, 9.17) is 31.1 Å². The summed E-state index contributed by atoms with van der Waals surface area (Å²) in [5.41, 5.74) is 0.942. The molecule has 2 rings (SSSR count). The Hall–Kier alpha value is -3.24. The largest absolute Gasteiger partial charge is 0.493 e. The first-order chi connectivity index (χ1) is 12.9. The van der Waals surface area contributed by atoms with Crippen LogP contribution in [0.2, 0.25) is 5.02 Å². The fourth-order valence-corrected chi connectivity index (χ4v) is 2.52. The maximum absolute atomic E-state index is 12.3. The molecule has 0 aliphatic heterocycles. The Labute approximate surface area is 161 Å². The lowest BCUT2D eigenvalue weighted by Crippen LogP contribution is -2.30. The second-order valence-electron chi connectivity index (χ2n) is 5.42. The van der Waals surface area contributed by atoms with Crippen molar-refractivity contribution in [3.05, 3.63) is 52.5 Å². The SMILES string of the molecule is COc1cc(C(=O)O[C@H](C)C(=O)Nc2cccc(C#N)c2)cc(Cl)c1OC. The quantitative estimate of drug-likeness (QED) is 0.761. The maximum Gasteiger partial charge on any atom is 0.339 e. The first-order valence-corrected chi connectivity index (χ1v) is 8.21. The highest BCUT2D eigenvalue weighted by molar-refractivity contribution is 6.32. The molecule has 140 valence electrons. The fourth-order valence-electron chi connectivity index (χ4n) is 2.23. The van der Waals surface area contributed by atoms with Crippen LogP contribution in [0.1, 0.15) is 22.8 Å². The molecule has 1 atom stereocenters. The number of anilines is 1. The zero-order valence-electron chi connectivity index (χ0n) is 14.9. The monoisotopic (exact) mass is 388 g/mol. The Morgan fingerprint density at radius 3 is 2.56 bits per heavy atom. The van der Waals surface area contributed by atoms with Crippen LogP contribution in [0.3, 0.4) is 0 Å². The van der Waals surface area contributed by atoms with Crippen LogP contribution in [-0.4, -0.2) is 32.2 Å². The van der Waals surface area contributed by atoms with Gasteiger partial charge in [-0.1, -0.05) is 17.7 Å². The number of rotatable bonds is 6. The van der Waals surface area contributed by atoms with E-state index in [1.54, 1.807) is 18.2 Å². The highest BCUT2D eigenvalue weighted by atomic mass is 35.5. The van der Waals surface area contributed by atoms with Crippen molar-refractivity contribution in [2.24, 2.45) is 0 Å². The van der Waals surface area contributed by atoms with Crippen molar-refractivity contribution >= 4 is 29.2 Å². The molecule has 0 aliphatic carbocycles. The number of hydrogen-bond donors (Lipinski definition) is 1. The molecule has 0 fully saturated rings. The summed E-state index contributed by atoms with van der Waals surface area (Å²) in [5.74, 6) is -0.724. The zero-order chi connectivity index (χ0) is 20.0. The maximum atomic E-state index is 12.3. The topological polar surface area (TPSA) is 97.6 Å². The lowest BCUT2D eigenvalue weighted by molar-refractivity contribution is -0.123. The minimum Gasteiger partial charge on any atom is -0.493 e. The van der Waals surface area contributed by atoms with Crippen molar-refractivity contribution in [3.63, 3.8) is 0 Å². The molecular weight excluding hydrogens is 372 g/mol. The summed E-state index contributed by atoms with van der Waals surface area (Å²) in [6.45, 7) is 1.43. The molecule has 27 heavy (non-hydrogen) atoms. The van der Waals surface area contributed by atoms with Gasteiger partial charge in [-0.15, -0.1) is 0 Å². The van der Waals surface area contributed by atoms with E-state index in [0.717, 1.165) is 0 Å². The summed E-state index contributed by atoms with van der Waals surface area (Å²) in [7, 11) is 2.84. The molecule has 0 aromatic heterocycles. The lowest BCUT2D eigenvalue weighted by Gasteiger charge is -2.15. The van der Waals surface area contributed by atoms with E-state index in [9.17, 15) is 9.59 Å². The standard InChI is InChI=1S/C19H17ClN2O5/c1-11(18(23)22-14-6-4-5-12(7-14)10-21)27-19(24)13-8-15(20)17(26-3)16(9-13)25-2/h4-9,11H,1-3H3,(H,22,23)/t11-/m1/s1. The van der Waals surface area contributed by atoms with Gasteiger partial charge in [-0.3, -0.25) is 4.79 Å². The van der Waals surface area contributed by atoms with E-state index in [2.05, 4.69) is 5.32 Å². The second kappa shape index (κ2) is 8.92. The number of benzene rings is 2. The average molecular weight is 389 g/mol. The summed E-state index contributed by atoms with van der Waals surface area (Å²) >= 11 is 6.07. The van der Waals surface area contributed by atoms with Crippen molar-refractivity contribution < 1.29 is 23.8 Å². The third kappa shape index (κ3) is 4.90. The molecule has 0 saturated carbocycles. The van der Waals surface area contributed by atoms with Crippen LogP contribution in [0.15, 0.2) is 36.4 Å². The minimum absolute atomic E-state index is 0.115. The van der Waals surface area contributed by atoms with Crippen molar-refractivity contribution in [3.8, 4) is 17.6 Å². The van der Waals surface area contributed by atoms with Gasteiger partial charge in [0.05, 0.1) is 36.4 Å². The number of carbonyl (C=O) groups excluding carboxylic acids is 2. The molecule has 0 spiro atoms. The molecule has 1 amide bonds. The molecule has 0 unspecified atom stereocenters. The van der Waals surface area contributed by atoms with Crippen molar-refractivity contribution in [1.82, 2.24) is 0 Å². The number of nitriles is 1. The van der Waals surface area contributed by atoms with Gasteiger partial charge >= 0.3 is 5.97 Å². The number of amides is 1. The van der Waals surface area contributed by atoms with Gasteiger partial charge in [-0.25, -0.2) is 4.79 Å². The number of nitrogens with zero attached hydrogens (tertiary/aromatic N) is 1. The van der Waals surface area contributed by atoms with E-state index < -0.39 is 18.0 Å². The van der Waals surface area contributed by atoms with Gasteiger partial charge in [0.1, 0.15) is 0 Å². The highest BCUT2D eigenvalue weighted by Gasteiger charge is 2.21. The van der Waals surface area contributed by atoms with Crippen molar-refractivity contribution in [1.29, 1.82) is 5.26 Å². The summed E-state index contributed by atoms with van der Waals surface area (Å²) in [4.78, 5) is 24.6. The zero-order valence-corrected chi connectivity index (χ0v) is 15.7. The van der Waals surface area contributed by atoms with Gasteiger partial charge in [0.2, 0.25) is 0 Å². The molecule has 7 nitrogen and oxygen atoms in total. The summed E-state index contributed by atoms with van der Waals surface area (Å²) < 4.78 is 15.4. The summed E-state index contributed by atoms with van der Waals surface area (Å²) in [5, 5.41) is 11.7. The first-order valence-electron chi connectivity index (χ1n) is 7.83. The predicted octanol–water partition coefficient (Wildman–Crippen LogP) is 3.41. The van der Waals surface area contributed by atoms with E-state index in [1.807, 2.05) is 6.07 Å². The van der Waals surface area contributed by atoms with E-state index in [-0.39, 0.29) is 16.3 Å². The molecular formula is C19H17ClN2O5. The molecule has 0 saturated heterocycles. The van der Waals surface area contributed by atoms with Gasteiger partial charge < -0.3 is 19.5 Å². The van der Waals surface area contributed by atoms with Gasteiger partial charge in [0, 0.05) is 5.69 Å². The van der Waals surface area contributed by atoms with Gasteiger partial charge in [-0.05, 0) is 37.3 Å². The minimum atomic E-state index is -1.07. The van der Waals surface area contributed by atoms with E-state index in [1.165, 1.54) is 39.3 Å². The number of methoxy groups -OCH3 is 2. The number of carbonyl (C=O) groups is 2. The highest BCUT2D eigenvalue weighted by Crippen LogP contribution is 2.36. The fraction of sp³-hybridized carbons (Fsp3) is 0.211. The van der Waals surface area contributed by atoms with Crippen LogP contribution in [0, 0.1) is 11.3 Å². The summed E-state index contributed by atoms with van der Waals surface area (Å²) in [6, 6.07) is 11.1. The van der Waals surface area contributed by atoms with Crippen LogP contribution >= 0.6 is 11.6 Å². The van der Waals surface area contributed by atoms with Crippen LogP contribution < -0.4 is 14.8 Å². The van der Waals surface area contributed by atoms with Crippen LogP contribution in [-0.2, 0) is 9.53 Å². The second-order valence-corrected chi connectivity index (χ2v) is 5.83. The Kier molecular flexibility index (Phi) is 6.63. The third-order valence-corrected chi connectivity index (χ3v) is 3.86.